The van der Waals surface area contributed by atoms with Crippen LogP contribution in [-0.2, 0) is 6.42 Å². The lowest BCUT2D eigenvalue weighted by Crippen LogP contribution is -2.13. The second-order valence-corrected chi connectivity index (χ2v) is 5.28. The molecule has 0 amide bonds. The Morgan fingerprint density at radius 1 is 1.26 bits per heavy atom. The number of hydrogen-bond donors (Lipinski definition) is 2. The molecule has 19 heavy (non-hydrogen) atoms. The van der Waals surface area contributed by atoms with Crippen LogP contribution in [0.25, 0.3) is 11.4 Å². The molecule has 3 N–H and O–H groups in total. The molecule has 0 atom stereocenters. The van der Waals surface area contributed by atoms with E-state index in [2.05, 4.69) is 38.2 Å². The third kappa shape index (κ3) is 2.77. The molecule has 0 aliphatic heterocycles. The van der Waals surface area contributed by atoms with E-state index in [9.17, 15) is 0 Å². The number of nitrogens with zero attached hydrogens (tertiary/aromatic N) is 2. The monoisotopic (exact) mass is 320 g/mol. The summed E-state index contributed by atoms with van der Waals surface area (Å²) >= 11 is 3.53. The third-order valence-electron chi connectivity index (χ3n) is 3.13. The maximum atomic E-state index is 5.55. The Morgan fingerprint density at radius 3 is 2.58 bits per heavy atom. The summed E-state index contributed by atoms with van der Waals surface area (Å²) in [6, 6.07) is 6.08. The van der Waals surface area contributed by atoms with Crippen LogP contribution in [0.4, 0.5) is 5.82 Å². The smallest absolute Gasteiger partial charge is 0.161 e. The van der Waals surface area contributed by atoms with Gasteiger partial charge in [0.1, 0.15) is 5.82 Å². The molecule has 0 aliphatic rings. The third-order valence-corrected chi connectivity index (χ3v) is 3.99. The standard InChI is InChI=1S/C14H17BrN4/c1-4-11-9(3)17-13(18-14(11)19-16)10-6-5-8(2)12(15)7-10/h5-7H,4,16H2,1-3H3,(H,17,18,19). The van der Waals surface area contributed by atoms with Crippen LogP contribution in [0.5, 0.6) is 0 Å². The van der Waals surface area contributed by atoms with E-state index in [1.54, 1.807) is 0 Å². The summed E-state index contributed by atoms with van der Waals surface area (Å²) in [6.07, 6.45) is 0.850. The van der Waals surface area contributed by atoms with Crippen LogP contribution in [0, 0.1) is 13.8 Å². The molecule has 4 nitrogen and oxygen atoms in total. The molecule has 0 aliphatic carbocycles. The van der Waals surface area contributed by atoms with Crippen LogP contribution >= 0.6 is 15.9 Å². The Labute approximate surface area is 121 Å². The van der Waals surface area contributed by atoms with Crippen molar-refractivity contribution in [1.29, 1.82) is 0 Å². The molecular weight excluding hydrogens is 304 g/mol. The van der Waals surface area contributed by atoms with Gasteiger partial charge in [-0.1, -0.05) is 35.0 Å². The topological polar surface area (TPSA) is 63.8 Å². The fourth-order valence-electron chi connectivity index (χ4n) is 2.00. The number of halogens is 1. The van der Waals surface area contributed by atoms with Crippen LogP contribution in [-0.4, -0.2) is 9.97 Å². The zero-order valence-corrected chi connectivity index (χ0v) is 12.9. The first-order valence-corrected chi connectivity index (χ1v) is 6.96. The van der Waals surface area contributed by atoms with Gasteiger partial charge < -0.3 is 5.43 Å². The highest BCUT2D eigenvalue weighted by molar-refractivity contribution is 9.10. The van der Waals surface area contributed by atoms with Gasteiger partial charge in [0.05, 0.1) is 0 Å². The van der Waals surface area contributed by atoms with Gasteiger partial charge in [-0.3, -0.25) is 0 Å². The van der Waals surface area contributed by atoms with E-state index < -0.39 is 0 Å². The summed E-state index contributed by atoms with van der Waals surface area (Å²) < 4.78 is 1.05. The Morgan fingerprint density at radius 2 is 2.00 bits per heavy atom. The first kappa shape index (κ1) is 14.0. The summed E-state index contributed by atoms with van der Waals surface area (Å²) in [7, 11) is 0. The molecule has 0 spiro atoms. The Hall–Kier alpha value is -1.46. The summed E-state index contributed by atoms with van der Waals surface area (Å²) in [5, 5.41) is 0. The molecule has 1 aromatic carbocycles. The maximum Gasteiger partial charge on any atom is 0.161 e. The van der Waals surface area contributed by atoms with Crippen molar-refractivity contribution in [2.45, 2.75) is 27.2 Å². The molecule has 0 saturated heterocycles. The van der Waals surface area contributed by atoms with Crippen LogP contribution in [0.15, 0.2) is 22.7 Å². The number of hydrazine groups is 1. The van der Waals surface area contributed by atoms with Crippen molar-refractivity contribution in [3.8, 4) is 11.4 Å². The first-order chi connectivity index (χ1) is 9.06. The van der Waals surface area contributed by atoms with Gasteiger partial charge in [-0.2, -0.15) is 0 Å². The minimum Gasteiger partial charge on any atom is -0.308 e. The van der Waals surface area contributed by atoms with E-state index in [1.165, 1.54) is 5.56 Å². The molecule has 1 heterocycles. The van der Waals surface area contributed by atoms with Gasteiger partial charge in [-0.25, -0.2) is 15.8 Å². The summed E-state index contributed by atoms with van der Waals surface area (Å²) in [5.41, 5.74) is 6.82. The number of nitrogens with one attached hydrogen (secondary N) is 1. The van der Waals surface area contributed by atoms with Gasteiger partial charge in [-0.05, 0) is 31.9 Å². The number of aryl methyl sites for hydroxylation is 2. The van der Waals surface area contributed by atoms with Crippen molar-refractivity contribution in [2.24, 2.45) is 5.84 Å². The van der Waals surface area contributed by atoms with Crippen molar-refractivity contribution >= 4 is 21.7 Å². The van der Waals surface area contributed by atoms with E-state index in [4.69, 9.17) is 5.84 Å². The highest BCUT2D eigenvalue weighted by atomic mass is 79.9. The first-order valence-electron chi connectivity index (χ1n) is 6.17. The normalized spacial score (nSPS) is 10.6. The van der Waals surface area contributed by atoms with Gasteiger partial charge in [0, 0.05) is 21.3 Å². The van der Waals surface area contributed by atoms with Crippen LogP contribution < -0.4 is 11.3 Å². The molecule has 0 saturated carbocycles. The lowest BCUT2D eigenvalue weighted by molar-refractivity contribution is 0.995. The molecule has 0 bridgehead atoms. The van der Waals surface area contributed by atoms with E-state index in [0.29, 0.717) is 11.6 Å². The Balaban J connectivity index is 2.56. The predicted octanol–water partition coefficient (Wildman–Crippen LogP) is 3.37. The summed E-state index contributed by atoms with van der Waals surface area (Å²) in [5.74, 6) is 6.93. The number of nitrogen functional groups attached to an aromatic ring is 1. The minimum atomic E-state index is 0.684. The van der Waals surface area contributed by atoms with Gasteiger partial charge in [0.25, 0.3) is 0 Å². The van der Waals surface area contributed by atoms with Crippen molar-refractivity contribution in [3.63, 3.8) is 0 Å². The lowest BCUT2D eigenvalue weighted by atomic mass is 10.1. The maximum absolute atomic E-state index is 5.55. The van der Waals surface area contributed by atoms with Crippen LogP contribution in [0.2, 0.25) is 0 Å². The highest BCUT2D eigenvalue weighted by Crippen LogP contribution is 2.26. The number of aromatic nitrogens is 2. The van der Waals surface area contributed by atoms with Gasteiger partial charge in [0.15, 0.2) is 5.82 Å². The fraction of sp³-hybridized carbons (Fsp3) is 0.286. The number of anilines is 1. The molecule has 0 unspecified atom stereocenters. The highest BCUT2D eigenvalue weighted by Gasteiger charge is 2.11. The Bertz CT molecular complexity index is 611. The molecule has 100 valence electrons. The number of rotatable bonds is 3. The van der Waals surface area contributed by atoms with Crippen molar-refractivity contribution in [1.82, 2.24) is 9.97 Å². The largest absolute Gasteiger partial charge is 0.308 e. The SMILES string of the molecule is CCc1c(C)nc(-c2ccc(C)c(Br)c2)nc1NN. The molecule has 0 radical (unpaired) electrons. The van der Waals surface area contributed by atoms with Gasteiger partial charge in [-0.15, -0.1) is 0 Å². The average Bonchev–Trinajstić information content (AvgIpc) is 2.40. The van der Waals surface area contributed by atoms with Gasteiger partial charge >= 0.3 is 0 Å². The van der Waals surface area contributed by atoms with Crippen molar-refractivity contribution in [3.05, 3.63) is 39.5 Å². The molecular formula is C14H17BrN4. The second kappa shape index (κ2) is 5.67. The zero-order valence-electron chi connectivity index (χ0n) is 11.3. The number of nitrogens with two attached hydrogens (primary N) is 1. The summed E-state index contributed by atoms with van der Waals surface area (Å²) in [6.45, 7) is 6.09. The molecule has 2 aromatic rings. The van der Waals surface area contributed by atoms with Gasteiger partial charge in [0.2, 0.25) is 0 Å². The minimum absolute atomic E-state index is 0.684. The van der Waals surface area contributed by atoms with Crippen molar-refractivity contribution < 1.29 is 0 Å². The summed E-state index contributed by atoms with van der Waals surface area (Å²) in [4.78, 5) is 9.06. The average molecular weight is 321 g/mol. The molecule has 0 fully saturated rings. The molecule has 5 heteroatoms. The number of hydrogen-bond acceptors (Lipinski definition) is 4. The predicted molar refractivity (Wildman–Crippen MR) is 81.8 cm³/mol. The Kier molecular flexibility index (Phi) is 4.17. The van der Waals surface area contributed by atoms with Crippen LogP contribution in [0.3, 0.4) is 0 Å². The van der Waals surface area contributed by atoms with E-state index in [0.717, 1.165) is 27.7 Å². The van der Waals surface area contributed by atoms with E-state index >= 15 is 0 Å². The van der Waals surface area contributed by atoms with Crippen LogP contribution in [0.1, 0.15) is 23.7 Å². The molecule has 2 rings (SSSR count). The quantitative estimate of drug-likeness (QED) is 0.672. The van der Waals surface area contributed by atoms with E-state index in [-0.39, 0.29) is 0 Å². The van der Waals surface area contributed by atoms with Crippen molar-refractivity contribution in [2.75, 3.05) is 5.43 Å². The second-order valence-electron chi connectivity index (χ2n) is 4.42. The molecule has 1 aromatic heterocycles. The van der Waals surface area contributed by atoms with E-state index in [1.807, 2.05) is 32.0 Å². The fourth-order valence-corrected chi connectivity index (χ4v) is 2.38. The number of benzene rings is 1. The zero-order chi connectivity index (χ0) is 14.0. The lowest BCUT2D eigenvalue weighted by Gasteiger charge is -2.11.